The summed E-state index contributed by atoms with van der Waals surface area (Å²) in [4.78, 5) is 0. The van der Waals surface area contributed by atoms with E-state index in [1.54, 1.807) is 0 Å². The Balaban J connectivity index is 2.05. The summed E-state index contributed by atoms with van der Waals surface area (Å²) in [6.07, 6.45) is 0. The minimum atomic E-state index is -0.464. The molecule has 0 heterocycles. The molecule has 0 aliphatic heterocycles. The van der Waals surface area contributed by atoms with Gasteiger partial charge in [0, 0.05) is 12.1 Å². The second-order valence-electron chi connectivity index (χ2n) is 4.00. The van der Waals surface area contributed by atoms with Crippen molar-refractivity contribution in [3.8, 4) is 23.0 Å². The molecular weight excluding hydrogens is 282 g/mol. The fourth-order valence-electron chi connectivity index (χ4n) is 1.68. The number of methoxy groups -OCH3 is 2. The highest BCUT2D eigenvalue weighted by Gasteiger charge is 2.09. The first-order valence-electron chi connectivity index (χ1n) is 6.06. The summed E-state index contributed by atoms with van der Waals surface area (Å²) in [6, 6.07) is 7.72. The van der Waals surface area contributed by atoms with Gasteiger partial charge < -0.3 is 18.9 Å². The molecule has 0 amide bonds. The van der Waals surface area contributed by atoms with Crippen molar-refractivity contribution in [2.75, 3.05) is 21.0 Å². The van der Waals surface area contributed by atoms with E-state index in [4.69, 9.17) is 18.9 Å². The molecule has 21 heavy (non-hydrogen) atoms. The second-order valence-corrected chi connectivity index (χ2v) is 4.00. The number of halogens is 2. The maximum absolute atomic E-state index is 13.2. The minimum absolute atomic E-state index is 0.188. The normalized spacial score (nSPS) is 10.1. The molecule has 2 aromatic carbocycles. The van der Waals surface area contributed by atoms with Gasteiger partial charge >= 0.3 is 0 Å². The van der Waals surface area contributed by atoms with E-state index in [1.807, 2.05) is 0 Å². The highest BCUT2D eigenvalue weighted by Crippen LogP contribution is 2.30. The molecule has 2 aromatic rings. The van der Waals surface area contributed by atoms with E-state index in [1.165, 1.54) is 50.6 Å². The lowest BCUT2D eigenvalue weighted by Crippen LogP contribution is -2.07. The van der Waals surface area contributed by atoms with Gasteiger partial charge in [-0.25, -0.2) is 8.78 Å². The van der Waals surface area contributed by atoms with Gasteiger partial charge in [-0.1, -0.05) is 0 Å². The molecule has 0 aliphatic rings. The third-order valence-electron chi connectivity index (χ3n) is 2.68. The molecule has 0 aliphatic carbocycles. The minimum Gasteiger partial charge on any atom is -0.493 e. The maximum atomic E-state index is 13.2. The van der Waals surface area contributed by atoms with Gasteiger partial charge in [0.25, 0.3) is 0 Å². The van der Waals surface area contributed by atoms with E-state index in [9.17, 15) is 8.78 Å². The third-order valence-corrected chi connectivity index (χ3v) is 2.68. The molecule has 0 N–H and O–H groups in total. The van der Waals surface area contributed by atoms with Gasteiger partial charge in [0.15, 0.2) is 23.0 Å². The number of ether oxygens (including phenoxy) is 4. The topological polar surface area (TPSA) is 36.9 Å². The molecule has 4 nitrogen and oxygen atoms in total. The summed E-state index contributed by atoms with van der Waals surface area (Å²) in [7, 11) is 2.88. The van der Waals surface area contributed by atoms with Crippen LogP contribution in [0.3, 0.4) is 0 Å². The molecular formula is C15H14F2O4. The number of rotatable bonds is 6. The fourth-order valence-corrected chi connectivity index (χ4v) is 1.68. The number of hydrogen-bond donors (Lipinski definition) is 0. The molecule has 0 bridgehead atoms. The van der Waals surface area contributed by atoms with Gasteiger partial charge in [0.1, 0.15) is 11.6 Å². The molecule has 0 spiro atoms. The Morgan fingerprint density at radius 1 is 0.714 bits per heavy atom. The van der Waals surface area contributed by atoms with Gasteiger partial charge in [0.2, 0.25) is 6.79 Å². The van der Waals surface area contributed by atoms with Crippen LogP contribution in [-0.2, 0) is 0 Å². The molecule has 0 fully saturated rings. The Kier molecular flexibility index (Phi) is 4.81. The predicted octanol–water partition coefficient (Wildman–Crippen LogP) is 3.40. The SMILES string of the molecule is COc1ccc(F)cc1OCOc1cc(F)ccc1OC. The van der Waals surface area contributed by atoms with Crippen LogP contribution >= 0.6 is 0 Å². The van der Waals surface area contributed by atoms with Crippen LogP contribution in [0.25, 0.3) is 0 Å². The van der Waals surface area contributed by atoms with Gasteiger partial charge in [-0.05, 0) is 24.3 Å². The van der Waals surface area contributed by atoms with Gasteiger partial charge in [-0.15, -0.1) is 0 Å². The highest BCUT2D eigenvalue weighted by molar-refractivity contribution is 5.41. The number of benzene rings is 2. The standard InChI is InChI=1S/C15H14F2O4/c1-18-12-5-3-10(16)7-14(12)20-9-21-15-8-11(17)4-6-13(15)19-2/h3-8H,9H2,1-2H3. The van der Waals surface area contributed by atoms with Crippen LogP contribution in [-0.4, -0.2) is 21.0 Å². The van der Waals surface area contributed by atoms with Crippen LogP contribution in [0.1, 0.15) is 0 Å². The molecule has 0 atom stereocenters. The molecule has 0 aromatic heterocycles. The predicted molar refractivity (Wildman–Crippen MR) is 72.0 cm³/mol. The van der Waals surface area contributed by atoms with Crippen LogP contribution in [0, 0.1) is 11.6 Å². The van der Waals surface area contributed by atoms with E-state index < -0.39 is 11.6 Å². The Hall–Kier alpha value is -2.50. The zero-order valence-corrected chi connectivity index (χ0v) is 11.6. The van der Waals surface area contributed by atoms with Crippen molar-refractivity contribution in [3.63, 3.8) is 0 Å². The van der Waals surface area contributed by atoms with Crippen LogP contribution in [0.5, 0.6) is 23.0 Å². The second kappa shape index (κ2) is 6.78. The summed E-state index contributed by atoms with van der Waals surface area (Å²) in [5, 5.41) is 0. The van der Waals surface area contributed by atoms with E-state index >= 15 is 0 Å². The Morgan fingerprint density at radius 2 is 1.14 bits per heavy atom. The monoisotopic (exact) mass is 296 g/mol. The van der Waals surface area contributed by atoms with Crippen molar-refractivity contribution in [2.45, 2.75) is 0 Å². The maximum Gasteiger partial charge on any atom is 0.231 e. The van der Waals surface area contributed by atoms with E-state index in [2.05, 4.69) is 0 Å². The number of hydrogen-bond acceptors (Lipinski definition) is 4. The van der Waals surface area contributed by atoms with Crippen LogP contribution in [0.15, 0.2) is 36.4 Å². The lowest BCUT2D eigenvalue weighted by Gasteiger charge is -2.13. The lowest BCUT2D eigenvalue weighted by molar-refractivity contribution is 0.112. The molecule has 0 saturated heterocycles. The summed E-state index contributed by atoms with van der Waals surface area (Å²) < 4.78 is 47.0. The van der Waals surface area contributed by atoms with Crippen molar-refractivity contribution < 1.29 is 27.7 Å². The van der Waals surface area contributed by atoms with Crippen molar-refractivity contribution in [1.29, 1.82) is 0 Å². The third kappa shape index (κ3) is 3.75. The average molecular weight is 296 g/mol. The van der Waals surface area contributed by atoms with Crippen molar-refractivity contribution in [3.05, 3.63) is 48.0 Å². The van der Waals surface area contributed by atoms with Crippen LogP contribution in [0.4, 0.5) is 8.78 Å². The van der Waals surface area contributed by atoms with Crippen molar-refractivity contribution in [1.82, 2.24) is 0 Å². The summed E-state index contributed by atoms with van der Waals surface area (Å²) >= 11 is 0. The Bertz CT molecular complexity index is 563. The van der Waals surface area contributed by atoms with E-state index in [-0.39, 0.29) is 18.3 Å². The molecule has 0 radical (unpaired) electrons. The van der Waals surface area contributed by atoms with E-state index in [0.717, 1.165) is 0 Å². The van der Waals surface area contributed by atoms with Gasteiger partial charge in [-0.2, -0.15) is 0 Å². The summed E-state index contributed by atoms with van der Waals surface area (Å²) in [6.45, 7) is -0.250. The molecule has 0 unspecified atom stereocenters. The van der Waals surface area contributed by atoms with E-state index in [0.29, 0.717) is 11.5 Å². The smallest absolute Gasteiger partial charge is 0.231 e. The molecule has 112 valence electrons. The van der Waals surface area contributed by atoms with Gasteiger partial charge in [0.05, 0.1) is 14.2 Å². The molecule has 6 heteroatoms. The quantitative estimate of drug-likeness (QED) is 0.766. The zero-order chi connectivity index (χ0) is 15.2. The summed E-state index contributed by atoms with van der Waals surface area (Å²) in [5.41, 5.74) is 0. The highest BCUT2D eigenvalue weighted by atomic mass is 19.1. The molecule has 0 saturated carbocycles. The van der Waals surface area contributed by atoms with Crippen molar-refractivity contribution in [2.24, 2.45) is 0 Å². The lowest BCUT2D eigenvalue weighted by atomic mass is 10.3. The largest absolute Gasteiger partial charge is 0.493 e. The summed E-state index contributed by atoms with van der Waals surface area (Å²) in [5.74, 6) is 0.182. The average Bonchev–Trinajstić information content (AvgIpc) is 2.48. The first kappa shape index (κ1) is 14.9. The fraction of sp³-hybridized carbons (Fsp3) is 0.200. The first-order valence-corrected chi connectivity index (χ1v) is 6.06. The zero-order valence-electron chi connectivity index (χ0n) is 11.6. The Labute approximate surface area is 120 Å². The molecule has 2 rings (SSSR count). The van der Waals surface area contributed by atoms with Crippen LogP contribution < -0.4 is 18.9 Å². The van der Waals surface area contributed by atoms with Crippen molar-refractivity contribution >= 4 is 0 Å². The Morgan fingerprint density at radius 3 is 1.52 bits per heavy atom. The van der Waals surface area contributed by atoms with Gasteiger partial charge in [-0.3, -0.25) is 0 Å². The first-order chi connectivity index (χ1) is 10.1. The van der Waals surface area contributed by atoms with Crippen LogP contribution in [0.2, 0.25) is 0 Å².